The molecule has 51 heavy (non-hydrogen) atoms. The Kier molecular flexibility index (Phi) is 5.08. The molecule has 0 aliphatic carbocycles. The Bertz CT molecular complexity index is 3380. The van der Waals surface area contributed by atoms with E-state index in [4.69, 9.17) is 26.2 Å². The Morgan fingerprint density at radius 2 is 1.14 bits per heavy atom. The van der Waals surface area contributed by atoms with Gasteiger partial charge in [-0.2, -0.15) is 0 Å². The van der Waals surface area contributed by atoms with Crippen molar-refractivity contribution in [2.24, 2.45) is 0 Å². The van der Waals surface area contributed by atoms with Gasteiger partial charge in [0.2, 0.25) is 0 Å². The first kappa shape index (κ1) is 23.7. The van der Waals surface area contributed by atoms with Crippen molar-refractivity contribution in [2.75, 3.05) is 0 Å². The normalized spacial score (nSPS) is 13.3. The Morgan fingerprint density at radius 1 is 0.510 bits per heavy atom. The molecule has 0 aliphatic rings. The summed E-state index contributed by atoms with van der Waals surface area (Å²) in [6.07, 6.45) is 0. The van der Waals surface area contributed by atoms with Gasteiger partial charge in [0.05, 0.1) is 17.9 Å². The van der Waals surface area contributed by atoms with Gasteiger partial charge >= 0.3 is 0 Å². The van der Waals surface area contributed by atoms with E-state index in [-0.39, 0.29) is 29.3 Å². The Morgan fingerprint density at radius 3 is 1.92 bits per heavy atom. The minimum absolute atomic E-state index is 0.0133. The molecule has 0 aliphatic heterocycles. The fourth-order valence-electron chi connectivity index (χ4n) is 7.27. The van der Waals surface area contributed by atoms with E-state index < -0.39 is 18.1 Å². The molecular weight excluding hydrogens is 645 g/mol. The van der Waals surface area contributed by atoms with Crippen molar-refractivity contribution in [3.05, 3.63) is 158 Å². The van der Waals surface area contributed by atoms with Crippen molar-refractivity contribution in [3.63, 3.8) is 0 Å². The molecular formula is C45H26N4OS. The van der Waals surface area contributed by atoms with Crippen LogP contribution in [-0.2, 0) is 0 Å². The molecule has 0 saturated heterocycles. The van der Waals surface area contributed by atoms with Crippen molar-refractivity contribution >= 4 is 75.3 Å². The molecule has 4 aromatic heterocycles. The maximum atomic E-state index is 8.77. The van der Waals surface area contributed by atoms with Crippen molar-refractivity contribution < 1.29 is 11.3 Å². The lowest BCUT2D eigenvalue weighted by Crippen LogP contribution is -2.00. The van der Waals surface area contributed by atoms with E-state index in [1.54, 1.807) is 11.3 Å². The second kappa shape index (κ2) is 10.9. The van der Waals surface area contributed by atoms with Crippen LogP contribution >= 0.6 is 11.3 Å². The van der Waals surface area contributed by atoms with Crippen LogP contribution in [0.25, 0.3) is 104 Å². The van der Waals surface area contributed by atoms with Crippen molar-refractivity contribution in [1.29, 1.82) is 0 Å². The molecule has 0 N–H and O–H groups in total. The lowest BCUT2D eigenvalue weighted by Gasteiger charge is -2.09. The van der Waals surface area contributed by atoms with E-state index in [9.17, 15) is 0 Å². The summed E-state index contributed by atoms with van der Waals surface area (Å²) in [4.78, 5) is 14.6. The van der Waals surface area contributed by atoms with E-state index in [1.807, 2.05) is 42.5 Å². The fraction of sp³-hybridized carbons (Fsp3) is 0. The minimum Gasteiger partial charge on any atom is -0.456 e. The quantitative estimate of drug-likeness (QED) is 0.186. The van der Waals surface area contributed by atoms with Gasteiger partial charge in [0, 0.05) is 70.2 Å². The average molecular weight is 676 g/mol. The van der Waals surface area contributed by atoms with Crippen LogP contribution in [0.1, 0.15) is 6.85 Å². The number of benzene rings is 7. The largest absolute Gasteiger partial charge is 0.456 e. The summed E-state index contributed by atoms with van der Waals surface area (Å²) in [5, 5.41) is 6.42. The molecule has 238 valence electrons. The van der Waals surface area contributed by atoms with Gasteiger partial charge in [-0.05, 0) is 48.5 Å². The van der Waals surface area contributed by atoms with Crippen LogP contribution in [0.3, 0.4) is 0 Å². The molecule has 4 heterocycles. The molecule has 0 unspecified atom stereocenters. The summed E-state index contributed by atoms with van der Waals surface area (Å²) in [5.74, 6) is 0.596. The number of rotatable bonds is 4. The second-order valence-corrected chi connectivity index (χ2v) is 13.5. The highest BCUT2D eigenvalue weighted by Gasteiger charge is 2.18. The van der Waals surface area contributed by atoms with Gasteiger partial charge in [-0.25, -0.2) is 15.0 Å². The lowest BCUT2D eigenvalue weighted by molar-refractivity contribution is 0.668. The zero-order valence-corrected chi connectivity index (χ0v) is 27.5. The van der Waals surface area contributed by atoms with Gasteiger partial charge in [0.1, 0.15) is 11.2 Å². The predicted molar refractivity (Wildman–Crippen MR) is 211 cm³/mol. The van der Waals surface area contributed by atoms with Crippen LogP contribution < -0.4 is 0 Å². The summed E-state index contributed by atoms with van der Waals surface area (Å²) in [7, 11) is 0. The number of hydrogen-bond donors (Lipinski definition) is 0. The molecule has 0 radical (unpaired) electrons. The molecule has 0 saturated carbocycles. The van der Waals surface area contributed by atoms with Crippen molar-refractivity contribution in [2.45, 2.75) is 0 Å². The van der Waals surface area contributed by atoms with E-state index in [0.29, 0.717) is 17.0 Å². The molecule has 6 heteroatoms. The summed E-state index contributed by atoms with van der Waals surface area (Å²) in [6, 6.07) is 40.8. The van der Waals surface area contributed by atoms with Gasteiger partial charge in [-0.3, -0.25) is 0 Å². The molecule has 0 amide bonds. The molecule has 11 rings (SSSR count). The standard InChI is InChI=1S/C45H26N4OS/c1-2-11-27(12-3-1)43-46-44(48-45(47-43)36-17-10-16-35-34-15-6-9-20-41(34)51-42(35)36)28-21-23-32-33-24-22-29(26-40(33)50-39(32)25-28)49-37-18-7-4-13-30(37)31-14-5-8-19-38(31)49/h1-26H/i1D,2D,3D,11D,12D. The number of aromatic nitrogens is 4. The van der Waals surface area contributed by atoms with E-state index >= 15 is 0 Å². The average Bonchev–Trinajstić information content (AvgIpc) is 3.91. The maximum absolute atomic E-state index is 8.77. The third-order valence-electron chi connectivity index (χ3n) is 9.56. The number of para-hydroxylation sites is 2. The third kappa shape index (κ3) is 4.37. The highest BCUT2D eigenvalue weighted by Crippen LogP contribution is 2.40. The number of nitrogens with zero attached hydrogens (tertiary/aromatic N) is 4. The number of furan rings is 1. The van der Waals surface area contributed by atoms with Crippen LogP contribution in [0.4, 0.5) is 0 Å². The Labute approximate surface area is 302 Å². The highest BCUT2D eigenvalue weighted by atomic mass is 32.1. The molecule has 0 atom stereocenters. The van der Waals surface area contributed by atoms with Crippen LogP contribution in [0.2, 0.25) is 0 Å². The summed E-state index contributed by atoms with van der Waals surface area (Å²) in [6.45, 7) is 0. The lowest BCUT2D eigenvalue weighted by atomic mass is 10.1. The zero-order valence-electron chi connectivity index (χ0n) is 31.7. The number of fused-ring (bicyclic) bond motifs is 9. The minimum atomic E-state index is -0.482. The van der Waals surface area contributed by atoms with Gasteiger partial charge in [-0.1, -0.05) is 103 Å². The Balaban J connectivity index is 1.11. The first-order valence-corrected chi connectivity index (χ1v) is 17.3. The first-order valence-electron chi connectivity index (χ1n) is 19.0. The number of hydrogen-bond acceptors (Lipinski definition) is 5. The molecule has 5 nitrogen and oxygen atoms in total. The Hall–Kier alpha value is -6.63. The SMILES string of the molecule is [2H]c1c([2H])c([2H])c(-c2nc(-c3ccc4c(c3)oc3cc(-n5c6ccccc6c6ccccc65)ccc34)nc(-c3cccc4c3sc3ccccc34)n2)c([2H])c1[2H]. The van der Waals surface area contributed by atoms with Gasteiger partial charge < -0.3 is 8.98 Å². The molecule has 7 aromatic carbocycles. The zero-order chi connectivity index (χ0) is 37.8. The number of thiophene rings is 1. The highest BCUT2D eigenvalue weighted by molar-refractivity contribution is 7.26. The second-order valence-electron chi connectivity index (χ2n) is 12.4. The fourth-order valence-corrected chi connectivity index (χ4v) is 8.48. The van der Waals surface area contributed by atoms with Crippen molar-refractivity contribution in [1.82, 2.24) is 19.5 Å². The predicted octanol–water partition coefficient (Wildman–Crippen LogP) is 12.2. The summed E-state index contributed by atoms with van der Waals surface area (Å²) >= 11 is 1.63. The topological polar surface area (TPSA) is 56.7 Å². The first-order chi connectivity index (χ1) is 27.3. The van der Waals surface area contributed by atoms with Crippen LogP contribution in [0, 0.1) is 0 Å². The summed E-state index contributed by atoms with van der Waals surface area (Å²) < 4.78 is 53.4. The molecule has 0 spiro atoms. The van der Waals surface area contributed by atoms with Crippen molar-refractivity contribution in [3.8, 4) is 39.9 Å². The molecule has 11 aromatic rings. The van der Waals surface area contributed by atoms with E-state index in [2.05, 4.69) is 89.5 Å². The van der Waals surface area contributed by atoms with E-state index in [0.717, 1.165) is 58.8 Å². The monoisotopic (exact) mass is 675 g/mol. The molecule has 0 bridgehead atoms. The van der Waals surface area contributed by atoms with Gasteiger partial charge in [0.15, 0.2) is 17.5 Å². The summed E-state index contributed by atoms with van der Waals surface area (Å²) in [5.41, 5.74) is 5.85. The molecule has 0 fully saturated rings. The maximum Gasteiger partial charge on any atom is 0.165 e. The van der Waals surface area contributed by atoms with Gasteiger partial charge in [-0.15, -0.1) is 11.3 Å². The van der Waals surface area contributed by atoms with Crippen LogP contribution in [0.5, 0.6) is 0 Å². The van der Waals surface area contributed by atoms with Crippen LogP contribution in [0.15, 0.2) is 162 Å². The smallest absolute Gasteiger partial charge is 0.165 e. The third-order valence-corrected chi connectivity index (χ3v) is 10.8. The van der Waals surface area contributed by atoms with E-state index in [1.165, 1.54) is 10.8 Å². The van der Waals surface area contributed by atoms with Crippen LogP contribution in [-0.4, -0.2) is 19.5 Å². The van der Waals surface area contributed by atoms with Gasteiger partial charge in [0.25, 0.3) is 0 Å².